The summed E-state index contributed by atoms with van der Waals surface area (Å²) >= 11 is 0. The van der Waals surface area contributed by atoms with E-state index in [-0.39, 0.29) is 10.8 Å². The summed E-state index contributed by atoms with van der Waals surface area (Å²) in [5.41, 5.74) is 11.7. The van der Waals surface area contributed by atoms with Crippen molar-refractivity contribution in [3.05, 3.63) is 126 Å². The Balaban J connectivity index is 1.33. The molecule has 40 heavy (non-hydrogen) atoms. The van der Waals surface area contributed by atoms with E-state index >= 15 is 0 Å². The van der Waals surface area contributed by atoms with Gasteiger partial charge >= 0.3 is 0 Å². The number of anilines is 2. The van der Waals surface area contributed by atoms with Crippen LogP contribution >= 0.6 is 0 Å². The van der Waals surface area contributed by atoms with Gasteiger partial charge in [-0.25, -0.2) is 0 Å². The number of fused-ring (bicyclic) bond motifs is 4. The van der Waals surface area contributed by atoms with E-state index in [0.717, 1.165) is 11.4 Å². The fourth-order valence-electron chi connectivity index (χ4n) is 6.59. The first kappa shape index (κ1) is 24.7. The normalized spacial score (nSPS) is 15.7. The van der Waals surface area contributed by atoms with Gasteiger partial charge in [-0.2, -0.15) is 0 Å². The third-order valence-corrected chi connectivity index (χ3v) is 9.05. The van der Waals surface area contributed by atoms with Crippen LogP contribution in [0, 0.1) is 0 Å². The molecule has 0 saturated carbocycles. The summed E-state index contributed by atoms with van der Waals surface area (Å²) in [5.74, 6) is 0. The molecule has 6 aromatic rings. The van der Waals surface area contributed by atoms with Crippen LogP contribution in [0.25, 0.3) is 38.6 Å². The highest BCUT2D eigenvalue weighted by Gasteiger charge is 2.37. The summed E-state index contributed by atoms with van der Waals surface area (Å²) in [5, 5.41) is 6.22. The average Bonchev–Trinajstić information content (AvgIpc) is 3.30. The molecule has 0 fully saturated rings. The molecule has 0 unspecified atom stereocenters. The maximum atomic E-state index is 3.66. The fraction of sp³-hybridized carbons (Fsp3) is 0.211. The molecule has 0 radical (unpaired) electrons. The SMILES string of the molecule is CC1(C)CCC(C)(C)c2cc(-n3c4ccccc4c4ccc(Nc5ccc(-c6ccccc6)cc5)cc43)ccc21. The van der Waals surface area contributed by atoms with E-state index in [1.54, 1.807) is 0 Å². The molecule has 1 aromatic heterocycles. The lowest BCUT2D eigenvalue weighted by molar-refractivity contribution is 0.332. The van der Waals surface area contributed by atoms with Crippen LogP contribution in [0.2, 0.25) is 0 Å². The zero-order valence-electron chi connectivity index (χ0n) is 23.8. The Morgan fingerprint density at radius 2 is 1.15 bits per heavy atom. The maximum Gasteiger partial charge on any atom is 0.0561 e. The highest BCUT2D eigenvalue weighted by Crippen LogP contribution is 2.47. The van der Waals surface area contributed by atoms with Crippen LogP contribution in [0.3, 0.4) is 0 Å². The first-order valence-electron chi connectivity index (χ1n) is 14.4. The van der Waals surface area contributed by atoms with Crippen molar-refractivity contribution in [2.45, 2.75) is 51.4 Å². The maximum absolute atomic E-state index is 3.66. The molecule has 0 spiro atoms. The van der Waals surface area contributed by atoms with Crippen molar-refractivity contribution >= 4 is 33.2 Å². The molecule has 7 rings (SSSR count). The predicted molar refractivity (Wildman–Crippen MR) is 171 cm³/mol. The molecule has 1 N–H and O–H groups in total. The second kappa shape index (κ2) is 9.13. The minimum Gasteiger partial charge on any atom is -0.355 e. The molecular weight excluding hydrogens is 484 g/mol. The summed E-state index contributed by atoms with van der Waals surface area (Å²) in [6.07, 6.45) is 2.43. The van der Waals surface area contributed by atoms with Gasteiger partial charge in [0, 0.05) is 27.8 Å². The number of hydrogen-bond acceptors (Lipinski definition) is 1. The van der Waals surface area contributed by atoms with Gasteiger partial charge in [-0.1, -0.05) is 100 Å². The standard InChI is InChI=1S/C38H36N2/c1-37(2)22-23-38(3,4)34-25-30(19-21-33(34)37)40-35-13-9-8-12-31(35)32-20-18-29(24-36(32)40)39-28-16-14-27(15-17-28)26-10-6-5-7-11-26/h5-21,24-25,39H,22-23H2,1-4H3. The Labute approximate surface area is 237 Å². The summed E-state index contributed by atoms with van der Waals surface area (Å²) in [6.45, 7) is 9.60. The Morgan fingerprint density at radius 3 is 1.93 bits per heavy atom. The minimum atomic E-state index is 0.165. The summed E-state index contributed by atoms with van der Waals surface area (Å²) in [6, 6.07) is 42.0. The molecule has 1 heterocycles. The zero-order valence-corrected chi connectivity index (χ0v) is 23.8. The van der Waals surface area contributed by atoms with E-state index in [1.807, 2.05) is 0 Å². The Bertz CT molecular complexity index is 1850. The molecule has 1 aliphatic rings. The van der Waals surface area contributed by atoms with Gasteiger partial charge in [-0.05, 0) is 88.4 Å². The van der Waals surface area contributed by atoms with Crippen LogP contribution in [-0.4, -0.2) is 4.57 Å². The second-order valence-electron chi connectivity index (χ2n) is 12.7. The van der Waals surface area contributed by atoms with E-state index in [2.05, 4.69) is 153 Å². The third kappa shape index (κ3) is 4.10. The van der Waals surface area contributed by atoms with Crippen molar-refractivity contribution in [1.29, 1.82) is 0 Å². The van der Waals surface area contributed by atoms with Crippen LogP contribution in [0.4, 0.5) is 11.4 Å². The molecule has 1 aliphatic carbocycles. The highest BCUT2D eigenvalue weighted by molar-refractivity contribution is 6.10. The van der Waals surface area contributed by atoms with Crippen molar-refractivity contribution in [3.8, 4) is 16.8 Å². The largest absolute Gasteiger partial charge is 0.355 e. The zero-order chi connectivity index (χ0) is 27.5. The van der Waals surface area contributed by atoms with Crippen molar-refractivity contribution in [3.63, 3.8) is 0 Å². The Morgan fingerprint density at radius 1 is 0.525 bits per heavy atom. The number of nitrogens with zero attached hydrogens (tertiary/aromatic N) is 1. The van der Waals surface area contributed by atoms with Crippen molar-refractivity contribution in [1.82, 2.24) is 4.57 Å². The summed E-state index contributed by atoms with van der Waals surface area (Å²) < 4.78 is 2.45. The quantitative estimate of drug-likeness (QED) is 0.245. The van der Waals surface area contributed by atoms with Gasteiger partial charge in [0.05, 0.1) is 11.0 Å². The van der Waals surface area contributed by atoms with Gasteiger partial charge in [0.2, 0.25) is 0 Å². The van der Waals surface area contributed by atoms with Crippen LogP contribution in [0.1, 0.15) is 51.7 Å². The number of nitrogens with one attached hydrogen (secondary N) is 1. The van der Waals surface area contributed by atoms with E-state index in [1.165, 1.54) is 62.6 Å². The van der Waals surface area contributed by atoms with E-state index in [9.17, 15) is 0 Å². The first-order chi connectivity index (χ1) is 19.3. The van der Waals surface area contributed by atoms with Gasteiger partial charge in [-0.15, -0.1) is 0 Å². The molecule has 5 aromatic carbocycles. The summed E-state index contributed by atoms with van der Waals surface area (Å²) in [4.78, 5) is 0. The van der Waals surface area contributed by atoms with Crippen LogP contribution < -0.4 is 5.32 Å². The van der Waals surface area contributed by atoms with E-state index in [0.29, 0.717) is 0 Å². The first-order valence-corrected chi connectivity index (χ1v) is 14.4. The lowest BCUT2D eigenvalue weighted by Crippen LogP contribution is -2.33. The lowest BCUT2D eigenvalue weighted by Gasteiger charge is -2.42. The van der Waals surface area contributed by atoms with Crippen LogP contribution in [0.5, 0.6) is 0 Å². The van der Waals surface area contributed by atoms with Gasteiger partial charge in [0.15, 0.2) is 0 Å². The lowest BCUT2D eigenvalue weighted by atomic mass is 9.63. The number of aromatic nitrogens is 1. The number of para-hydroxylation sites is 1. The Kier molecular flexibility index (Phi) is 5.64. The third-order valence-electron chi connectivity index (χ3n) is 9.05. The topological polar surface area (TPSA) is 17.0 Å². The number of benzene rings is 5. The summed E-state index contributed by atoms with van der Waals surface area (Å²) in [7, 11) is 0. The van der Waals surface area contributed by atoms with Crippen molar-refractivity contribution in [2.75, 3.05) is 5.32 Å². The smallest absolute Gasteiger partial charge is 0.0561 e. The monoisotopic (exact) mass is 520 g/mol. The van der Waals surface area contributed by atoms with Crippen LogP contribution in [-0.2, 0) is 10.8 Å². The number of hydrogen-bond donors (Lipinski definition) is 1. The molecule has 0 atom stereocenters. The Hall–Kier alpha value is -4.30. The van der Waals surface area contributed by atoms with E-state index in [4.69, 9.17) is 0 Å². The van der Waals surface area contributed by atoms with E-state index < -0.39 is 0 Å². The second-order valence-corrected chi connectivity index (χ2v) is 12.7. The molecule has 0 bridgehead atoms. The fourth-order valence-corrected chi connectivity index (χ4v) is 6.59. The van der Waals surface area contributed by atoms with Gasteiger partial charge < -0.3 is 9.88 Å². The van der Waals surface area contributed by atoms with Crippen molar-refractivity contribution in [2.24, 2.45) is 0 Å². The predicted octanol–water partition coefficient (Wildman–Crippen LogP) is 10.5. The van der Waals surface area contributed by atoms with Gasteiger partial charge in [0.1, 0.15) is 0 Å². The average molecular weight is 521 g/mol. The highest BCUT2D eigenvalue weighted by atomic mass is 15.0. The molecule has 0 amide bonds. The number of rotatable bonds is 4. The molecular formula is C38H36N2. The van der Waals surface area contributed by atoms with Gasteiger partial charge in [0.25, 0.3) is 0 Å². The molecule has 0 saturated heterocycles. The molecule has 2 heteroatoms. The molecule has 2 nitrogen and oxygen atoms in total. The minimum absolute atomic E-state index is 0.165. The van der Waals surface area contributed by atoms with Gasteiger partial charge in [-0.3, -0.25) is 0 Å². The molecule has 198 valence electrons. The van der Waals surface area contributed by atoms with Crippen LogP contribution in [0.15, 0.2) is 115 Å². The molecule has 0 aliphatic heterocycles. The van der Waals surface area contributed by atoms with Crippen molar-refractivity contribution < 1.29 is 0 Å².